The van der Waals surface area contributed by atoms with Gasteiger partial charge in [-0.1, -0.05) is 0 Å². The number of aliphatic hydroxyl groups is 1. The Labute approximate surface area is 221 Å². The van der Waals surface area contributed by atoms with Crippen LogP contribution in [0.1, 0.15) is 34.6 Å². The van der Waals surface area contributed by atoms with Crippen molar-refractivity contribution in [2.45, 2.75) is 31.3 Å². The number of halogens is 1. The summed E-state index contributed by atoms with van der Waals surface area (Å²) < 4.78 is 19.2. The third kappa shape index (κ3) is 5.27. The fourth-order valence-corrected chi connectivity index (χ4v) is 4.18. The molecule has 4 N–H and O–H groups in total. The molecule has 0 aliphatic heterocycles. The monoisotopic (exact) mass is 526 g/mol. The standard InChI is InChI=1S/C26H23FN10O2/c1-26(39,15-36-14-18(11-33-36)20-12-32-22(29)13-31-20)24(27)23(35-25(38)17-3-2-6-30-10-17)21-5-4-19-7-16(8-28)9-34-37(19)21/h2-7,9-14,23-24,39H,15H2,1H3,(H2,29,32)(H,35,38)/t23-,24-,26-/m1/s1. The number of nitrogen functional groups attached to an aromatic ring is 1. The van der Waals surface area contributed by atoms with Gasteiger partial charge in [0.2, 0.25) is 0 Å². The van der Waals surface area contributed by atoms with E-state index in [0.717, 1.165) is 0 Å². The summed E-state index contributed by atoms with van der Waals surface area (Å²) in [4.78, 5) is 25.2. The number of nitrogens with zero attached hydrogens (tertiary/aromatic N) is 8. The second-order valence-corrected chi connectivity index (χ2v) is 9.16. The maximum Gasteiger partial charge on any atom is 0.253 e. The molecule has 12 nitrogen and oxygen atoms in total. The van der Waals surface area contributed by atoms with Gasteiger partial charge in [0, 0.05) is 24.2 Å². The highest BCUT2D eigenvalue weighted by Gasteiger charge is 2.42. The van der Waals surface area contributed by atoms with E-state index in [-0.39, 0.29) is 23.6 Å². The van der Waals surface area contributed by atoms with E-state index in [1.165, 1.54) is 53.3 Å². The van der Waals surface area contributed by atoms with Crippen molar-refractivity contribution in [3.8, 4) is 17.3 Å². The van der Waals surface area contributed by atoms with Gasteiger partial charge in [-0.25, -0.2) is 13.9 Å². The lowest BCUT2D eigenvalue weighted by molar-refractivity contribution is -0.0503. The number of aromatic nitrogens is 7. The number of amides is 1. The Hall–Kier alpha value is -5.22. The highest BCUT2D eigenvalue weighted by atomic mass is 19.1. The number of fused-ring (bicyclic) bond motifs is 1. The lowest BCUT2D eigenvalue weighted by Gasteiger charge is -2.33. The van der Waals surface area contributed by atoms with Gasteiger partial charge in [0.15, 0.2) is 6.17 Å². The normalized spacial score (nSPS) is 14.3. The number of nitrogens with one attached hydrogen (secondary N) is 1. The fourth-order valence-electron chi connectivity index (χ4n) is 4.18. The van der Waals surface area contributed by atoms with Crippen LogP contribution in [-0.4, -0.2) is 57.1 Å². The van der Waals surface area contributed by atoms with E-state index < -0.39 is 23.7 Å². The molecule has 5 heterocycles. The lowest BCUT2D eigenvalue weighted by Crippen LogP contribution is -2.49. The highest BCUT2D eigenvalue weighted by Crippen LogP contribution is 2.31. The Morgan fingerprint density at radius 2 is 2.05 bits per heavy atom. The van der Waals surface area contributed by atoms with Gasteiger partial charge < -0.3 is 16.2 Å². The summed E-state index contributed by atoms with van der Waals surface area (Å²) in [6.07, 6.45) is 8.21. The number of alkyl halides is 1. The Balaban J connectivity index is 1.46. The number of anilines is 1. The molecule has 0 aliphatic carbocycles. The third-order valence-electron chi connectivity index (χ3n) is 6.16. The van der Waals surface area contributed by atoms with Crippen LogP contribution >= 0.6 is 0 Å². The van der Waals surface area contributed by atoms with Crippen molar-refractivity contribution in [2.24, 2.45) is 0 Å². The fraction of sp³-hybridized carbons (Fsp3) is 0.192. The molecule has 1 amide bonds. The molecule has 3 atom stereocenters. The van der Waals surface area contributed by atoms with E-state index in [1.807, 2.05) is 6.07 Å². The van der Waals surface area contributed by atoms with Gasteiger partial charge in [-0.2, -0.15) is 15.5 Å². The van der Waals surface area contributed by atoms with Gasteiger partial charge in [0.1, 0.15) is 23.5 Å². The lowest BCUT2D eigenvalue weighted by atomic mass is 9.92. The molecule has 5 rings (SSSR count). The molecular formula is C26H23FN10O2. The molecule has 0 radical (unpaired) electrons. The Morgan fingerprint density at radius 3 is 2.77 bits per heavy atom. The number of hydrogen-bond donors (Lipinski definition) is 3. The second kappa shape index (κ2) is 10.3. The first-order chi connectivity index (χ1) is 18.7. The summed E-state index contributed by atoms with van der Waals surface area (Å²) >= 11 is 0. The predicted molar refractivity (Wildman–Crippen MR) is 138 cm³/mol. The van der Waals surface area contributed by atoms with Crippen LogP contribution in [0.15, 0.2) is 73.7 Å². The third-order valence-corrected chi connectivity index (χ3v) is 6.16. The zero-order valence-corrected chi connectivity index (χ0v) is 20.7. The number of nitriles is 1. The molecular weight excluding hydrogens is 503 g/mol. The first kappa shape index (κ1) is 25.4. The molecule has 0 saturated heterocycles. The van der Waals surface area contributed by atoms with E-state index in [0.29, 0.717) is 22.3 Å². The molecule has 0 bridgehead atoms. The zero-order chi connectivity index (χ0) is 27.6. The molecule has 5 aromatic heterocycles. The number of carbonyl (C=O) groups is 1. The minimum atomic E-state index is -2.02. The van der Waals surface area contributed by atoms with Crippen molar-refractivity contribution in [3.05, 3.63) is 90.5 Å². The minimum absolute atomic E-state index is 0.219. The number of rotatable bonds is 8. The second-order valence-electron chi connectivity index (χ2n) is 9.16. The molecule has 5 aromatic rings. The van der Waals surface area contributed by atoms with Crippen molar-refractivity contribution < 1.29 is 14.3 Å². The number of pyridine rings is 1. The molecule has 0 fully saturated rings. The highest BCUT2D eigenvalue weighted by molar-refractivity contribution is 5.94. The van der Waals surface area contributed by atoms with Crippen LogP contribution in [0.5, 0.6) is 0 Å². The summed E-state index contributed by atoms with van der Waals surface area (Å²) in [6, 6.07) is 8.65. The maximum absolute atomic E-state index is 16.4. The molecule has 196 valence electrons. The Bertz CT molecular complexity index is 1660. The van der Waals surface area contributed by atoms with Crippen molar-refractivity contribution in [3.63, 3.8) is 0 Å². The topological polar surface area (TPSA) is 173 Å². The maximum atomic E-state index is 16.4. The largest absolute Gasteiger partial charge is 0.385 e. The summed E-state index contributed by atoms with van der Waals surface area (Å²) in [7, 11) is 0. The van der Waals surface area contributed by atoms with E-state index >= 15 is 4.39 Å². The van der Waals surface area contributed by atoms with Crippen LogP contribution in [-0.2, 0) is 6.54 Å². The van der Waals surface area contributed by atoms with Crippen molar-refractivity contribution in [1.82, 2.24) is 39.7 Å². The molecule has 0 aliphatic rings. The SMILES string of the molecule is C[C@@](O)(Cn1cc(-c2cnc(N)cn2)cn1)[C@H](F)[C@H](NC(=O)c1cccnc1)c1ccc2cc(C#N)cnn12. The average Bonchev–Trinajstić information content (AvgIpc) is 3.58. The molecule has 0 unspecified atom stereocenters. The van der Waals surface area contributed by atoms with Crippen molar-refractivity contribution in [2.75, 3.05) is 5.73 Å². The van der Waals surface area contributed by atoms with E-state index in [4.69, 9.17) is 5.73 Å². The minimum Gasteiger partial charge on any atom is -0.385 e. The molecule has 0 aromatic carbocycles. The van der Waals surface area contributed by atoms with Gasteiger partial charge >= 0.3 is 0 Å². The van der Waals surface area contributed by atoms with Gasteiger partial charge in [-0.3, -0.25) is 19.4 Å². The van der Waals surface area contributed by atoms with Crippen LogP contribution in [0.25, 0.3) is 16.8 Å². The average molecular weight is 527 g/mol. The first-order valence-corrected chi connectivity index (χ1v) is 11.8. The molecule has 13 heteroatoms. The molecule has 0 spiro atoms. The number of hydrogen-bond acceptors (Lipinski definition) is 9. The van der Waals surface area contributed by atoms with Crippen molar-refractivity contribution in [1.29, 1.82) is 5.26 Å². The summed E-state index contributed by atoms with van der Waals surface area (Å²) in [6.45, 7) is 1.08. The molecule has 39 heavy (non-hydrogen) atoms. The summed E-state index contributed by atoms with van der Waals surface area (Å²) in [5, 5.41) is 31.7. The van der Waals surface area contributed by atoms with Gasteiger partial charge in [-0.05, 0) is 37.3 Å². The first-order valence-electron chi connectivity index (χ1n) is 11.8. The number of carbonyl (C=O) groups excluding carboxylic acids is 1. The van der Waals surface area contributed by atoms with E-state index in [2.05, 4.69) is 30.5 Å². The van der Waals surface area contributed by atoms with Crippen LogP contribution in [0.4, 0.5) is 10.2 Å². The molecule has 0 saturated carbocycles. The number of nitrogens with two attached hydrogens (primary N) is 1. The van der Waals surface area contributed by atoms with Crippen LogP contribution < -0.4 is 11.1 Å². The smallest absolute Gasteiger partial charge is 0.253 e. The summed E-state index contributed by atoms with van der Waals surface area (Å²) in [5.74, 6) is -0.316. The van der Waals surface area contributed by atoms with Gasteiger partial charge in [-0.15, -0.1) is 0 Å². The van der Waals surface area contributed by atoms with Gasteiger partial charge in [0.25, 0.3) is 5.91 Å². The Kier molecular flexibility index (Phi) is 6.70. The summed E-state index contributed by atoms with van der Waals surface area (Å²) in [5.41, 5.74) is 6.05. The van der Waals surface area contributed by atoms with Crippen molar-refractivity contribution >= 4 is 17.2 Å². The quantitative estimate of drug-likeness (QED) is 0.274. The van der Waals surface area contributed by atoms with Crippen LogP contribution in [0.3, 0.4) is 0 Å². The predicted octanol–water partition coefficient (Wildman–Crippen LogP) is 2.10. The van der Waals surface area contributed by atoms with Gasteiger partial charge in [0.05, 0.1) is 59.4 Å². The zero-order valence-electron chi connectivity index (χ0n) is 20.7. The van der Waals surface area contributed by atoms with E-state index in [1.54, 1.807) is 36.5 Å². The van der Waals surface area contributed by atoms with Crippen LogP contribution in [0.2, 0.25) is 0 Å². The Morgan fingerprint density at radius 1 is 1.21 bits per heavy atom. The van der Waals surface area contributed by atoms with E-state index in [9.17, 15) is 15.2 Å². The van der Waals surface area contributed by atoms with Crippen LogP contribution in [0, 0.1) is 11.3 Å².